The van der Waals surface area contributed by atoms with E-state index in [4.69, 9.17) is 39.5 Å². The van der Waals surface area contributed by atoms with E-state index in [-0.39, 0.29) is 29.1 Å². The van der Waals surface area contributed by atoms with Gasteiger partial charge in [-0.15, -0.1) is 0 Å². The van der Waals surface area contributed by atoms with Crippen LogP contribution >= 0.6 is 34.8 Å². The molecule has 0 heterocycles. The maximum absolute atomic E-state index is 14.2. The van der Waals surface area contributed by atoms with Gasteiger partial charge >= 0.3 is 0 Å². The van der Waals surface area contributed by atoms with Crippen LogP contribution in [0.2, 0.25) is 15.1 Å². The molecule has 0 saturated heterocycles. The molecular weight excluding hydrogens is 633 g/mol. The van der Waals surface area contributed by atoms with Gasteiger partial charge in [-0.2, -0.15) is 0 Å². The number of ether oxygens (including phenoxy) is 1. The van der Waals surface area contributed by atoms with Crippen molar-refractivity contribution in [2.24, 2.45) is 0 Å². The molecule has 1 N–H and O–H groups in total. The lowest BCUT2D eigenvalue weighted by Gasteiger charge is -2.33. The predicted molar refractivity (Wildman–Crippen MR) is 173 cm³/mol. The van der Waals surface area contributed by atoms with E-state index in [1.54, 1.807) is 49.4 Å². The van der Waals surface area contributed by atoms with Crippen LogP contribution in [-0.4, -0.2) is 50.4 Å². The zero-order valence-electron chi connectivity index (χ0n) is 24.5. The van der Waals surface area contributed by atoms with Crippen LogP contribution in [0.4, 0.5) is 5.69 Å². The number of amides is 2. The van der Waals surface area contributed by atoms with Gasteiger partial charge in [-0.1, -0.05) is 54.7 Å². The number of carbonyl (C=O) groups excluding carboxylic acids is 2. The third-order valence-corrected chi connectivity index (χ3v) is 9.62. The summed E-state index contributed by atoms with van der Waals surface area (Å²) in [4.78, 5) is 28.9. The number of carbonyl (C=O) groups is 2. The van der Waals surface area contributed by atoms with Crippen molar-refractivity contribution < 1.29 is 22.7 Å². The summed E-state index contributed by atoms with van der Waals surface area (Å²) in [5.41, 5.74) is 0.879. The molecule has 0 aliphatic carbocycles. The van der Waals surface area contributed by atoms with Gasteiger partial charge in [0.05, 0.1) is 27.2 Å². The minimum atomic E-state index is -4.24. The summed E-state index contributed by atoms with van der Waals surface area (Å²) in [6.45, 7) is 7.32. The second kappa shape index (κ2) is 15.7. The topological polar surface area (TPSA) is 96.0 Å². The van der Waals surface area contributed by atoms with Crippen molar-refractivity contribution in [3.05, 3.63) is 87.4 Å². The van der Waals surface area contributed by atoms with E-state index in [0.717, 1.165) is 4.31 Å². The van der Waals surface area contributed by atoms with E-state index in [9.17, 15) is 18.0 Å². The maximum atomic E-state index is 14.2. The molecule has 8 nitrogen and oxygen atoms in total. The van der Waals surface area contributed by atoms with Gasteiger partial charge in [0.15, 0.2) is 0 Å². The molecule has 0 aliphatic rings. The molecule has 2 atom stereocenters. The molecule has 232 valence electrons. The first-order valence-corrected chi connectivity index (χ1v) is 16.5. The summed E-state index contributed by atoms with van der Waals surface area (Å²) < 4.78 is 34.5. The Morgan fingerprint density at radius 1 is 0.884 bits per heavy atom. The largest absolute Gasteiger partial charge is 0.494 e. The molecule has 0 aromatic heterocycles. The first kappa shape index (κ1) is 34.5. The Hall–Kier alpha value is -2.98. The predicted octanol–water partition coefficient (Wildman–Crippen LogP) is 6.96. The highest BCUT2D eigenvalue weighted by Gasteiger charge is 2.34. The zero-order valence-corrected chi connectivity index (χ0v) is 27.6. The number of benzene rings is 3. The third-order valence-electron chi connectivity index (χ3n) is 6.84. The Balaban J connectivity index is 2.08. The van der Waals surface area contributed by atoms with E-state index >= 15 is 0 Å². The Kier molecular flexibility index (Phi) is 12.6. The van der Waals surface area contributed by atoms with Crippen LogP contribution in [0.15, 0.2) is 71.6 Å². The van der Waals surface area contributed by atoms with Crippen molar-refractivity contribution >= 4 is 62.3 Å². The average Bonchev–Trinajstić information content (AvgIpc) is 2.98. The Morgan fingerprint density at radius 2 is 1.53 bits per heavy atom. The summed E-state index contributed by atoms with van der Waals surface area (Å²) in [7, 11) is -4.24. The number of nitrogens with zero attached hydrogens (tertiary/aromatic N) is 2. The standard InChI is InChI=1S/C31H36Cl3N3O5S/c1-5-21(4)35-31(39)29(6-2)36(19-22-8-17-27(33)28(34)18-22)30(38)20-37(24-11-13-25(14-12-24)42-7-3)43(40,41)26-15-9-23(32)10-16-26/h8-18,21,29H,5-7,19-20H2,1-4H3,(H,35,39)/t21-,29-/m1/s1. The normalized spacial score (nSPS) is 12.7. The van der Waals surface area contributed by atoms with Gasteiger partial charge in [0.1, 0.15) is 18.3 Å². The fraction of sp³-hybridized carbons (Fsp3) is 0.355. The van der Waals surface area contributed by atoms with E-state index in [1.807, 2.05) is 20.8 Å². The summed E-state index contributed by atoms with van der Waals surface area (Å²) >= 11 is 18.4. The molecule has 3 aromatic carbocycles. The van der Waals surface area contributed by atoms with Gasteiger partial charge in [0.25, 0.3) is 10.0 Å². The van der Waals surface area contributed by atoms with Crippen molar-refractivity contribution in [1.29, 1.82) is 0 Å². The highest BCUT2D eigenvalue weighted by atomic mass is 35.5. The molecule has 3 aromatic rings. The number of hydrogen-bond acceptors (Lipinski definition) is 5. The molecule has 0 saturated carbocycles. The molecule has 0 aliphatic heterocycles. The number of hydrogen-bond donors (Lipinski definition) is 1. The van der Waals surface area contributed by atoms with Gasteiger partial charge in [-0.05, 0) is 92.9 Å². The molecule has 3 rings (SSSR count). The summed E-state index contributed by atoms with van der Waals surface area (Å²) in [5.74, 6) is -0.363. The summed E-state index contributed by atoms with van der Waals surface area (Å²) in [6, 6.07) is 16.1. The molecule has 0 unspecified atom stereocenters. The van der Waals surface area contributed by atoms with E-state index in [1.165, 1.54) is 29.2 Å². The molecular formula is C31H36Cl3N3O5S. The average molecular weight is 669 g/mol. The highest BCUT2D eigenvalue weighted by molar-refractivity contribution is 7.92. The lowest BCUT2D eigenvalue weighted by atomic mass is 10.1. The van der Waals surface area contributed by atoms with E-state index in [2.05, 4.69) is 5.32 Å². The number of halogens is 3. The van der Waals surface area contributed by atoms with Crippen molar-refractivity contribution in [3.8, 4) is 5.75 Å². The monoisotopic (exact) mass is 667 g/mol. The van der Waals surface area contributed by atoms with Gasteiger partial charge in [0.2, 0.25) is 11.8 Å². The molecule has 0 spiro atoms. The SMILES string of the molecule is CCOc1ccc(N(CC(=O)N(Cc2ccc(Cl)c(Cl)c2)[C@H](CC)C(=O)N[C@H](C)CC)S(=O)(=O)c2ccc(Cl)cc2)cc1. The van der Waals surface area contributed by atoms with Crippen LogP contribution in [0, 0.1) is 0 Å². The lowest BCUT2D eigenvalue weighted by molar-refractivity contribution is -0.140. The fourth-order valence-corrected chi connectivity index (χ4v) is 6.19. The van der Waals surface area contributed by atoms with E-state index in [0.29, 0.717) is 45.8 Å². The van der Waals surface area contributed by atoms with Gasteiger partial charge < -0.3 is 15.0 Å². The Morgan fingerprint density at radius 3 is 2.09 bits per heavy atom. The summed E-state index contributed by atoms with van der Waals surface area (Å²) in [6.07, 6.45) is 0.996. The number of anilines is 1. The van der Waals surface area contributed by atoms with Gasteiger partial charge in [0, 0.05) is 17.6 Å². The second-order valence-electron chi connectivity index (χ2n) is 9.90. The molecule has 2 amide bonds. The summed E-state index contributed by atoms with van der Waals surface area (Å²) in [5, 5.41) is 3.96. The Labute approximate surface area is 268 Å². The maximum Gasteiger partial charge on any atom is 0.264 e. The van der Waals surface area contributed by atoms with Crippen molar-refractivity contribution in [2.75, 3.05) is 17.5 Å². The van der Waals surface area contributed by atoms with Crippen molar-refractivity contribution in [3.63, 3.8) is 0 Å². The molecule has 0 fully saturated rings. The van der Waals surface area contributed by atoms with Gasteiger partial charge in [-0.3, -0.25) is 13.9 Å². The van der Waals surface area contributed by atoms with Crippen LogP contribution in [0.3, 0.4) is 0 Å². The molecule has 0 radical (unpaired) electrons. The van der Waals surface area contributed by atoms with Crippen molar-refractivity contribution in [2.45, 2.75) is 64.1 Å². The van der Waals surface area contributed by atoms with Crippen LogP contribution in [-0.2, 0) is 26.2 Å². The van der Waals surface area contributed by atoms with Crippen LogP contribution in [0.5, 0.6) is 5.75 Å². The third kappa shape index (κ3) is 9.01. The number of rotatable bonds is 14. The number of sulfonamides is 1. The quantitative estimate of drug-likeness (QED) is 0.200. The lowest BCUT2D eigenvalue weighted by Crippen LogP contribution is -2.53. The minimum absolute atomic E-state index is 0.000263. The number of nitrogens with one attached hydrogen (secondary N) is 1. The minimum Gasteiger partial charge on any atom is -0.494 e. The van der Waals surface area contributed by atoms with Gasteiger partial charge in [-0.25, -0.2) is 8.42 Å². The first-order valence-electron chi connectivity index (χ1n) is 14.0. The van der Waals surface area contributed by atoms with E-state index < -0.39 is 28.5 Å². The molecule has 12 heteroatoms. The zero-order chi connectivity index (χ0) is 31.7. The first-order chi connectivity index (χ1) is 20.4. The van der Waals surface area contributed by atoms with Crippen LogP contribution in [0.25, 0.3) is 0 Å². The van der Waals surface area contributed by atoms with Crippen molar-refractivity contribution in [1.82, 2.24) is 10.2 Å². The second-order valence-corrected chi connectivity index (χ2v) is 13.0. The molecule has 43 heavy (non-hydrogen) atoms. The highest BCUT2D eigenvalue weighted by Crippen LogP contribution is 2.28. The smallest absolute Gasteiger partial charge is 0.264 e. The molecule has 0 bridgehead atoms. The fourth-order valence-electron chi connectivity index (χ4n) is 4.33. The Bertz CT molecular complexity index is 1500. The van der Waals surface area contributed by atoms with Crippen LogP contribution in [0.1, 0.15) is 46.1 Å². The van der Waals surface area contributed by atoms with Crippen LogP contribution < -0.4 is 14.4 Å².